The summed E-state index contributed by atoms with van der Waals surface area (Å²) in [5.41, 5.74) is 4.94. The quantitative estimate of drug-likeness (QED) is 0.605. The van der Waals surface area contributed by atoms with Crippen LogP contribution >= 0.6 is 0 Å². The van der Waals surface area contributed by atoms with Crippen molar-refractivity contribution in [1.29, 1.82) is 0 Å². The Hall–Kier alpha value is -3.02. The van der Waals surface area contributed by atoms with Gasteiger partial charge in [0.25, 0.3) is 5.91 Å². The van der Waals surface area contributed by atoms with E-state index < -0.39 is 11.7 Å². The van der Waals surface area contributed by atoms with Crippen molar-refractivity contribution >= 4 is 23.2 Å². The minimum atomic E-state index is -0.463. The van der Waals surface area contributed by atoms with Crippen LogP contribution in [0.1, 0.15) is 49.0 Å². The van der Waals surface area contributed by atoms with Crippen molar-refractivity contribution in [3.63, 3.8) is 0 Å². The summed E-state index contributed by atoms with van der Waals surface area (Å²) >= 11 is 0. The summed E-state index contributed by atoms with van der Waals surface area (Å²) in [4.78, 5) is 24.1. The number of rotatable bonds is 6. The molecule has 2 aromatic rings. The summed E-state index contributed by atoms with van der Waals surface area (Å²) in [6.45, 7) is 5.77. The third-order valence-corrected chi connectivity index (χ3v) is 3.73. The normalized spacial score (nSPS) is 11.3. The van der Waals surface area contributed by atoms with E-state index in [4.69, 9.17) is 0 Å². The number of hydrazone groups is 1. The molecule has 0 spiro atoms. The molecule has 0 radical (unpaired) electrons. The molecule has 0 saturated carbocycles. The fraction of sp³-hybridized carbons (Fsp3) is 0.250. The Bertz CT molecular complexity index is 814. The lowest BCUT2D eigenvalue weighted by Gasteiger charge is -2.13. The summed E-state index contributed by atoms with van der Waals surface area (Å²) in [6, 6.07) is 12.8. The highest BCUT2D eigenvalue weighted by atomic mass is 19.1. The highest BCUT2D eigenvalue weighted by Gasteiger charge is 2.10. The van der Waals surface area contributed by atoms with E-state index in [1.165, 1.54) is 24.3 Å². The lowest BCUT2D eigenvalue weighted by molar-refractivity contribution is -0.115. The van der Waals surface area contributed by atoms with Gasteiger partial charge in [-0.2, -0.15) is 5.10 Å². The van der Waals surface area contributed by atoms with Crippen LogP contribution in [0.4, 0.5) is 10.1 Å². The molecule has 0 aliphatic rings. The third kappa shape index (κ3) is 5.51. The predicted molar refractivity (Wildman–Crippen MR) is 101 cm³/mol. The maximum absolute atomic E-state index is 12.9. The summed E-state index contributed by atoms with van der Waals surface area (Å²) in [5, 5.41) is 6.80. The van der Waals surface area contributed by atoms with Crippen LogP contribution in [0.2, 0.25) is 0 Å². The highest BCUT2D eigenvalue weighted by molar-refractivity contribution is 6.06. The zero-order valence-electron chi connectivity index (χ0n) is 15.0. The first-order valence-electron chi connectivity index (χ1n) is 8.34. The number of nitrogens with zero attached hydrogens (tertiary/aromatic N) is 1. The zero-order valence-corrected chi connectivity index (χ0v) is 15.0. The average molecular weight is 355 g/mol. The number of carbonyl (C=O) groups excluding carboxylic acids is 2. The molecule has 136 valence electrons. The second-order valence-electron chi connectivity index (χ2n) is 6.26. The Morgan fingerprint density at radius 3 is 2.38 bits per heavy atom. The van der Waals surface area contributed by atoms with E-state index >= 15 is 0 Å². The Morgan fingerprint density at radius 1 is 1.08 bits per heavy atom. The first-order chi connectivity index (χ1) is 12.4. The van der Waals surface area contributed by atoms with Gasteiger partial charge in [0.05, 0.1) is 6.42 Å². The van der Waals surface area contributed by atoms with Crippen LogP contribution in [0, 0.1) is 5.82 Å². The van der Waals surface area contributed by atoms with E-state index in [0.717, 1.165) is 11.3 Å². The number of benzene rings is 2. The smallest absolute Gasteiger partial charge is 0.271 e. The molecule has 2 aromatic carbocycles. The van der Waals surface area contributed by atoms with Gasteiger partial charge in [-0.15, -0.1) is 0 Å². The van der Waals surface area contributed by atoms with Gasteiger partial charge in [-0.1, -0.05) is 32.0 Å². The zero-order chi connectivity index (χ0) is 19.1. The Kier molecular flexibility index (Phi) is 6.60. The number of nitrogens with one attached hydrogen (secondary N) is 2. The predicted octanol–water partition coefficient (Wildman–Crippen LogP) is 4.08. The van der Waals surface area contributed by atoms with Crippen molar-refractivity contribution in [2.24, 2.45) is 5.10 Å². The van der Waals surface area contributed by atoms with Gasteiger partial charge in [0.1, 0.15) is 5.82 Å². The minimum Gasteiger partial charge on any atom is -0.325 e. The fourth-order valence-electron chi connectivity index (χ4n) is 2.39. The molecule has 5 nitrogen and oxygen atoms in total. The second kappa shape index (κ2) is 8.89. The third-order valence-electron chi connectivity index (χ3n) is 3.73. The summed E-state index contributed by atoms with van der Waals surface area (Å²) in [7, 11) is 0. The van der Waals surface area contributed by atoms with Crippen LogP contribution < -0.4 is 10.7 Å². The highest BCUT2D eigenvalue weighted by Crippen LogP contribution is 2.23. The average Bonchev–Trinajstić information content (AvgIpc) is 2.60. The van der Waals surface area contributed by atoms with Gasteiger partial charge in [0.2, 0.25) is 5.91 Å². The lowest BCUT2D eigenvalue weighted by atomic mass is 10.0. The van der Waals surface area contributed by atoms with E-state index in [1.807, 2.05) is 24.3 Å². The monoisotopic (exact) mass is 355 g/mol. The van der Waals surface area contributed by atoms with E-state index in [9.17, 15) is 14.0 Å². The first kappa shape index (κ1) is 19.3. The SMILES string of the molecule is C/C(CC(=O)Nc1ccccc1C(C)C)=N/NC(=O)c1ccc(F)cc1. The molecule has 0 unspecified atom stereocenters. The molecule has 0 saturated heterocycles. The molecule has 0 aromatic heterocycles. The molecule has 0 aliphatic carbocycles. The van der Waals surface area contributed by atoms with Crippen molar-refractivity contribution in [1.82, 2.24) is 5.43 Å². The van der Waals surface area contributed by atoms with Gasteiger partial charge in [0, 0.05) is 17.0 Å². The van der Waals surface area contributed by atoms with Gasteiger partial charge in [-0.3, -0.25) is 9.59 Å². The number of amides is 2. The van der Waals surface area contributed by atoms with Crippen molar-refractivity contribution in [2.75, 3.05) is 5.32 Å². The maximum Gasteiger partial charge on any atom is 0.271 e. The number of carbonyl (C=O) groups is 2. The van der Waals surface area contributed by atoms with E-state index in [0.29, 0.717) is 11.3 Å². The van der Waals surface area contributed by atoms with Crippen molar-refractivity contribution in [3.05, 3.63) is 65.5 Å². The number of anilines is 1. The summed E-state index contributed by atoms with van der Waals surface area (Å²) in [5.74, 6) is -0.805. The molecule has 0 heterocycles. The Morgan fingerprint density at radius 2 is 1.73 bits per heavy atom. The van der Waals surface area contributed by atoms with Crippen molar-refractivity contribution in [3.8, 4) is 0 Å². The molecule has 0 bridgehead atoms. The molecule has 2 amide bonds. The van der Waals surface area contributed by atoms with Gasteiger partial charge in [-0.25, -0.2) is 9.82 Å². The topological polar surface area (TPSA) is 70.6 Å². The second-order valence-corrected chi connectivity index (χ2v) is 6.26. The van der Waals surface area contributed by atoms with Crippen molar-refractivity contribution in [2.45, 2.75) is 33.1 Å². The molecule has 6 heteroatoms. The molecular formula is C20H22FN3O2. The molecule has 2 N–H and O–H groups in total. The fourth-order valence-corrected chi connectivity index (χ4v) is 2.39. The standard InChI is InChI=1S/C20H22FN3O2/c1-13(2)17-6-4-5-7-18(17)22-19(25)12-14(3)23-24-20(26)15-8-10-16(21)11-9-15/h4-11,13H,12H2,1-3H3,(H,22,25)(H,24,26)/b23-14-. The van der Waals surface area contributed by atoms with Crippen LogP contribution in [0.3, 0.4) is 0 Å². The first-order valence-corrected chi connectivity index (χ1v) is 8.34. The molecule has 0 fully saturated rings. The molecule has 26 heavy (non-hydrogen) atoms. The molecule has 0 aliphatic heterocycles. The van der Waals surface area contributed by atoms with Crippen LogP contribution in [-0.2, 0) is 4.79 Å². The summed E-state index contributed by atoms with van der Waals surface area (Å²) < 4.78 is 12.9. The molecule has 0 atom stereocenters. The van der Waals surface area contributed by atoms with Crippen LogP contribution in [0.5, 0.6) is 0 Å². The summed E-state index contributed by atoms with van der Waals surface area (Å²) in [6.07, 6.45) is 0.0517. The number of hydrogen-bond acceptors (Lipinski definition) is 3. The Balaban J connectivity index is 1.93. The van der Waals surface area contributed by atoms with Crippen LogP contribution in [0.25, 0.3) is 0 Å². The van der Waals surface area contributed by atoms with Crippen molar-refractivity contribution < 1.29 is 14.0 Å². The maximum atomic E-state index is 12.9. The van der Waals surface area contributed by atoms with Crippen LogP contribution in [0.15, 0.2) is 53.6 Å². The van der Waals surface area contributed by atoms with E-state index in [2.05, 4.69) is 29.7 Å². The molecular weight excluding hydrogens is 333 g/mol. The van der Waals surface area contributed by atoms with E-state index in [-0.39, 0.29) is 18.2 Å². The Labute approximate surface area is 152 Å². The molecule has 2 rings (SSSR count). The van der Waals surface area contributed by atoms with Gasteiger partial charge < -0.3 is 5.32 Å². The van der Waals surface area contributed by atoms with Gasteiger partial charge in [-0.05, 0) is 48.7 Å². The number of para-hydroxylation sites is 1. The lowest BCUT2D eigenvalue weighted by Crippen LogP contribution is -2.21. The van der Waals surface area contributed by atoms with Gasteiger partial charge in [0.15, 0.2) is 0 Å². The number of hydrogen-bond donors (Lipinski definition) is 2. The minimum absolute atomic E-state index is 0.0517. The van der Waals surface area contributed by atoms with Gasteiger partial charge >= 0.3 is 0 Å². The van der Waals surface area contributed by atoms with E-state index in [1.54, 1.807) is 6.92 Å². The number of halogens is 1. The van der Waals surface area contributed by atoms with Crippen LogP contribution in [-0.4, -0.2) is 17.5 Å². The largest absolute Gasteiger partial charge is 0.325 e.